The van der Waals surface area contributed by atoms with Crippen LogP contribution in [0, 0.1) is 5.82 Å². The molecule has 1 saturated carbocycles. The second kappa shape index (κ2) is 5.78. The molecule has 0 bridgehead atoms. The molecule has 1 aromatic heterocycles. The zero-order valence-electron chi connectivity index (χ0n) is 13.3. The van der Waals surface area contributed by atoms with Crippen LogP contribution in [0.5, 0.6) is 0 Å². The van der Waals surface area contributed by atoms with Crippen molar-refractivity contribution in [3.05, 3.63) is 71.7 Å². The van der Waals surface area contributed by atoms with Crippen LogP contribution in [0.1, 0.15) is 24.0 Å². The van der Waals surface area contributed by atoms with E-state index in [0.717, 1.165) is 35.7 Å². The number of aromatic nitrogens is 1. The number of amides is 1. The molecule has 2 N–H and O–H groups in total. The third kappa shape index (κ3) is 2.58. The van der Waals surface area contributed by atoms with Crippen molar-refractivity contribution in [1.82, 2.24) is 10.3 Å². The maximum Gasteiger partial charge on any atom is 0.230 e. The Kier molecular flexibility index (Phi) is 3.60. The summed E-state index contributed by atoms with van der Waals surface area (Å²) >= 11 is 0. The minimum atomic E-state index is -0.452. The van der Waals surface area contributed by atoms with Gasteiger partial charge >= 0.3 is 0 Å². The number of carbonyl (C=O) groups excluding carboxylic acids is 1. The van der Waals surface area contributed by atoms with E-state index in [1.165, 1.54) is 17.7 Å². The van der Waals surface area contributed by atoms with Crippen molar-refractivity contribution in [3.63, 3.8) is 0 Å². The molecule has 1 aliphatic rings. The standard InChI is InChI=1S/C20H19FN2O/c21-15-6-7-16-17(13-23-18(16)12-15)20(9-10-20)19(24)22-11-8-14-4-2-1-3-5-14/h1-7,12-13,23H,8-11H2,(H,22,24). The van der Waals surface area contributed by atoms with Gasteiger partial charge < -0.3 is 10.3 Å². The lowest BCUT2D eigenvalue weighted by Crippen LogP contribution is -2.35. The van der Waals surface area contributed by atoms with Gasteiger partial charge in [0.1, 0.15) is 5.82 Å². The highest BCUT2D eigenvalue weighted by molar-refractivity contribution is 5.97. The van der Waals surface area contributed by atoms with Crippen LogP contribution in [-0.2, 0) is 16.6 Å². The van der Waals surface area contributed by atoms with Crippen LogP contribution in [0.25, 0.3) is 10.9 Å². The number of H-pyrrole nitrogens is 1. The van der Waals surface area contributed by atoms with Gasteiger partial charge in [0.25, 0.3) is 0 Å². The Labute approximate surface area is 139 Å². The summed E-state index contributed by atoms with van der Waals surface area (Å²) in [5, 5.41) is 4.01. The van der Waals surface area contributed by atoms with Crippen LogP contribution in [0.15, 0.2) is 54.7 Å². The Bertz CT molecular complexity index is 881. The highest BCUT2D eigenvalue weighted by atomic mass is 19.1. The van der Waals surface area contributed by atoms with Crippen molar-refractivity contribution < 1.29 is 9.18 Å². The summed E-state index contributed by atoms with van der Waals surface area (Å²) in [6, 6.07) is 14.8. The molecule has 4 heteroatoms. The van der Waals surface area contributed by atoms with Crippen LogP contribution < -0.4 is 5.32 Å². The molecule has 0 radical (unpaired) electrons. The van der Waals surface area contributed by atoms with Gasteiger partial charge in [-0.1, -0.05) is 30.3 Å². The molecule has 24 heavy (non-hydrogen) atoms. The summed E-state index contributed by atoms with van der Waals surface area (Å²) in [6.45, 7) is 0.627. The fraction of sp³-hybridized carbons (Fsp3) is 0.250. The molecule has 3 aromatic rings. The lowest BCUT2D eigenvalue weighted by atomic mass is 9.94. The average molecular weight is 322 g/mol. The molecule has 0 unspecified atom stereocenters. The first-order chi connectivity index (χ1) is 11.7. The van der Waals surface area contributed by atoms with Crippen LogP contribution in [0.2, 0.25) is 0 Å². The Hall–Kier alpha value is -2.62. The van der Waals surface area contributed by atoms with E-state index in [2.05, 4.69) is 22.4 Å². The van der Waals surface area contributed by atoms with Gasteiger partial charge in [-0.3, -0.25) is 4.79 Å². The second-order valence-corrected chi connectivity index (χ2v) is 6.47. The highest BCUT2D eigenvalue weighted by Gasteiger charge is 2.52. The molecular weight excluding hydrogens is 303 g/mol. The van der Waals surface area contributed by atoms with Gasteiger partial charge in [0.15, 0.2) is 0 Å². The fourth-order valence-electron chi connectivity index (χ4n) is 3.37. The van der Waals surface area contributed by atoms with E-state index in [1.54, 1.807) is 6.07 Å². The predicted molar refractivity (Wildman–Crippen MR) is 92.3 cm³/mol. The number of rotatable bonds is 5. The number of hydrogen-bond acceptors (Lipinski definition) is 1. The number of hydrogen-bond donors (Lipinski definition) is 2. The predicted octanol–water partition coefficient (Wildman–Crippen LogP) is 3.70. The van der Waals surface area contributed by atoms with Gasteiger partial charge in [-0.2, -0.15) is 0 Å². The van der Waals surface area contributed by atoms with E-state index in [4.69, 9.17) is 0 Å². The molecule has 122 valence electrons. The Morgan fingerprint density at radius 2 is 1.96 bits per heavy atom. The zero-order valence-corrected chi connectivity index (χ0v) is 13.3. The van der Waals surface area contributed by atoms with Gasteiger partial charge in [0, 0.05) is 23.6 Å². The van der Waals surface area contributed by atoms with Crippen molar-refractivity contribution in [2.24, 2.45) is 0 Å². The maximum absolute atomic E-state index is 13.3. The third-order valence-electron chi connectivity index (χ3n) is 4.89. The number of halogens is 1. The summed E-state index contributed by atoms with van der Waals surface area (Å²) in [4.78, 5) is 15.8. The van der Waals surface area contributed by atoms with Crippen molar-refractivity contribution in [3.8, 4) is 0 Å². The lowest BCUT2D eigenvalue weighted by Gasteiger charge is -2.15. The Morgan fingerprint density at radius 1 is 1.17 bits per heavy atom. The molecule has 4 rings (SSSR count). The number of fused-ring (bicyclic) bond motifs is 1. The first kappa shape index (κ1) is 14.9. The van der Waals surface area contributed by atoms with Gasteiger partial charge in [-0.25, -0.2) is 4.39 Å². The number of benzene rings is 2. The average Bonchev–Trinajstić information content (AvgIpc) is 3.30. The summed E-state index contributed by atoms with van der Waals surface area (Å²) in [6.07, 6.45) is 4.36. The first-order valence-electron chi connectivity index (χ1n) is 8.28. The molecule has 0 spiro atoms. The van der Waals surface area contributed by atoms with E-state index in [0.29, 0.717) is 6.54 Å². The normalized spacial score (nSPS) is 15.4. The molecule has 0 saturated heterocycles. The monoisotopic (exact) mass is 322 g/mol. The number of aromatic amines is 1. The minimum Gasteiger partial charge on any atom is -0.361 e. The molecule has 0 aliphatic heterocycles. The molecule has 2 aromatic carbocycles. The summed E-state index contributed by atoms with van der Waals surface area (Å²) in [5.74, 6) is -0.197. The van der Waals surface area contributed by atoms with Crippen molar-refractivity contribution in [2.45, 2.75) is 24.7 Å². The highest BCUT2D eigenvalue weighted by Crippen LogP contribution is 2.50. The van der Waals surface area contributed by atoms with E-state index in [-0.39, 0.29) is 11.7 Å². The van der Waals surface area contributed by atoms with E-state index in [1.807, 2.05) is 24.4 Å². The molecule has 1 amide bonds. The third-order valence-corrected chi connectivity index (χ3v) is 4.89. The van der Waals surface area contributed by atoms with Gasteiger partial charge in [-0.05, 0) is 48.6 Å². The van der Waals surface area contributed by atoms with Crippen LogP contribution in [0.4, 0.5) is 4.39 Å². The van der Waals surface area contributed by atoms with Crippen LogP contribution >= 0.6 is 0 Å². The molecule has 0 atom stereocenters. The Morgan fingerprint density at radius 3 is 2.71 bits per heavy atom. The fourth-order valence-corrected chi connectivity index (χ4v) is 3.37. The molecule has 1 fully saturated rings. The smallest absolute Gasteiger partial charge is 0.230 e. The number of carbonyl (C=O) groups is 1. The summed E-state index contributed by atoms with van der Waals surface area (Å²) < 4.78 is 13.3. The van der Waals surface area contributed by atoms with Gasteiger partial charge in [0.05, 0.1) is 5.41 Å². The van der Waals surface area contributed by atoms with Crippen LogP contribution in [-0.4, -0.2) is 17.4 Å². The SMILES string of the molecule is O=C(NCCc1ccccc1)C1(c2c[nH]c3cc(F)ccc23)CC1. The van der Waals surface area contributed by atoms with Gasteiger partial charge in [0.2, 0.25) is 5.91 Å². The van der Waals surface area contributed by atoms with E-state index < -0.39 is 5.41 Å². The Balaban J connectivity index is 1.49. The number of nitrogens with one attached hydrogen (secondary N) is 2. The van der Waals surface area contributed by atoms with E-state index in [9.17, 15) is 9.18 Å². The maximum atomic E-state index is 13.3. The second-order valence-electron chi connectivity index (χ2n) is 6.47. The lowest BCUT2D eigenvalue weighted by molar-refractivity contribution is -0.123. The zero-order chi connectivity index (χ0) is 16.6. The molecule has 1 aliphatic carbocycles. The van der Waals surface area contributed by atoms with E-state index >= 15 is 0 Å². The largest absolute Gasteiger partial charge is 0.361 e. The first-order valence-corrected chi connectivity index (χ1v) is 8.28. The quantitative estimate of drug-likeness (QED) is 0.739. The van der Waals surface area contributed by atoms with Gasteiger partial charge in [-0.15, -0.1) is 0 Å². The summed E-state index contributed by atoms with van der Waals surface area (Å²) in [7, 11) is 0. The van der Waals surface area contributed by atoms with Crippen LogP contribution in [0.3, 0.4) is 0 Å². The van der Waals surface area contributed by atoms with Crippen molar-refractivity contribution >= 4 is 16.8 Å². The molecular formula is C20H19FN2O. The molecule has 1 heterocycles. The molecule has 3 nitrogen and oxygen atoms in total. The summed E-state index contributed by atoms with van der Waals surface area (Å²) in [5.41, 5.74) is 2.49. The topological polar surface area (TPSA) is 44.9 Å². The van der Waals surface area contributed by atoms with Crippen molar-refractivity contribution in [2.75, 3.05) is 6.54 Å². The van der Waals surface area contributed by atoms with Crippen molar-refractivity contribution in [1.29, 1.82) is 0 Å². The minimum absolute atomic E-state index is 0.0728.